The highest BCUT2D eigenvalue weighted by atomic mass is 35.5. The average Bonchev–Trinajstić information content (AvgIpc) is 3.04. The maximum atomic E-state index is 10.2. The fourth-order valence-electron chi connectivity index (χ4n) is 3.50. The summed E-state index contributed by atoms with van der Waals surface area (Å²) in [6, 6.07) is 9.19. The molecule has 3 aromatic rings. The third-order valence-corrected chi connectivity index (χ3v) is 6.87. The number of primary amides is 1. The molecule has 2 aromatic heterocycles. The van der Waals surface area contributed by atoms with Gasteiger partial charge in [0.15, 0.2) is 0 Å². The number of carbonyl (C=O) groups is 1. The highest BCUT2D eigenvalue weighted by molar-refractivity contribution is 7.99. The van der Waals surface area contributed by atoms with Crippen LogP contribution in [0.2, 0.25) is 5.02 Å². The van der Waals surface area contributed by atoms with Gasteiger partial charge < -0.3 is 15.4 Å². The lowest BCUT2D eigenvalue weighted by molar-refractivity contribution is -0.124. The van der Waals surface area contributed by atoms with Gasteiger partial charge in [-0.15, -0.1) is 0 Å². The maximum absolute atomic E-state index is 10.2. The van der Waals surface area contributed by atoms with Crippen molar-refractivity contribution >= 4 is 29.3 Å². The Balaban J connectivity index is 0.000000374. The minimum atomic E-state index is -0.119. The number of hydrogen-bond acceptors (Lipinski definition) is 5. The van der Waals surface area contributed by atoms with Crippen LogP contribution in [-0.2, 0) is 17.8 Å². The summed E-state index contributed by atoms with van der Waals surface area (Å²) in [5.74, 6) is 1.63. The van der Waals surface area contributed by atoms with Gasteiger partial charge in [-0.25, -0.2) is 4.98 Å². The number of aromatic nitrogens is 3. The molecule has 3 N–H and O–H groups in total. The molecule has 0 spiro atoms. The van der Waals surface area contributed by atoms with Crippen molar-refractivity contribution in [3.05, 3.63) is 64.8 Å². The van der Waals surface area contributed by atoms with Crippen molar-refractivity contribution in [2.45, 2.75) is 68.8 Å². The van der Waals surface area contributed by atoms with Gasteiger partial charge in [-0.05, 0) is 54.7 Å². The fraction of sp³-hybridized carbons (Fsp3) is 0.400. The third-order valence-electron chi connectivity index (χ3n) is 5.56. The van der Waals surface area contributed by atoms with Gasteiger partial charge in [0.2, 0.25) is 5.91 Å². The van der Waals surface area contributed by atoms with Crippen molar-refractivity contribution in [2.24, 2.45) is 11.7 Å². The third kappa shape index (κ3) is 6.74. The summed E-state index contributed by atoms with van der Waals surface area (Å²) in [6.07, 6.45) is 7.70. The van der Waals surface area contributed by atoms with E-state index in [1.165, 1.54) is 12.0 Å². The van der Waals surface area contributed by atoms with Crippen molar-refractivity contribution < 1.29 is 9.90 Å². The standard InChI is InChI=1S/C20H22ClN3OS.C5H9NO/c1-4-18-23-19(13(2)3)20(24(18)12-14-5-7-22-8-6-14)26-17-10-15(21)9-16(25)11-17;6-5(7)4-2-1-3-4/h5-11,13,25H,4,12H2,1-3H3;4H,1-3H2,(H2,6,7). The van der Waals surface area contributed by atoms with Crippen molar-refractivity contribution in [1.82, 2.24) is 14.5 Å². The van der Waals surface area contributed by atoms with Gasteiger partial charge in [0.25, 0.3) is 0 Å². The minimum Gasteiger partial charge on any atom is -0.508 e. The number of aryl methyl sites for hydroxylation is 1. The molecular weight excluding hydrogens is 456 g/mol. The van der Waals surface area contributed by atoms with Gasteiger partial charge in [-0.2, -0.15) is 0 Å². The highest BCUT2D eigenvalue weighted by Gasteiger charge is 2.22. The highest BCUT2D eigenvalue weighted by Crippen LogP contribution is 2.37. The van der Waals surface area contributed by atoms with E-state index in [1.54, 1.807) is 23.9 Å². The van der Waals surface area contributed by atoms with E-state index < -0.39 is 0 Å². The Hall–Kier alpha value is -2.51. The number of nitrogens with two attached hydrogens (primary N) is 1. The van der Waals surface area contributed by atoms with Gasteiger partial charge >= 0.3 is 0 Å². The van der Waals surface area contributed by atoms with Gasteiger partial charge in [-0.3, -0.25) is 9.78 Å². The van der Waals surface area contributed by atoms with Gasteiger partial charge in [0, 0.05) is 41.2 Å². The molecule has 0 unspecified atom stereocenters. The Bertz CT molecular complexity index is 1060. The molecule has 0 atom stereocenters. The first-order chi connectivity index (χ1) is 15.8. The Morgan fingerprint density at radius 3 is 2.45 bits per heavy atom. The second kappa shape index (κ2) is 11.6. The zero-order valence-electron chi connectivity index (χ0n) is 19.3. The van der Waals surface area contributed by atoms with E-state index in [2.05, 4.69) is 30.3 Å². The molecule has 1 aromatic carbocycles. The number of carbonyl (C=O) groups excluding carboxylic acids is 1. The largest absolute Gasteiger partial charge is 0.508 e. The van der Waals surface area contributed by atoms with E-state index in [0.717, 1.165) is 47.2 Å². The number of aromatic hydroxyl groups is 1. The van der Waals surface area contributed by atoms with Gasteiger partial charge in [-0.1, -0.05) is 50.6 Å². The predicted molar refractivity (Wildman–Crippen MR) is 133 cm³/mol. The second-order valence-electron chi connectivity index (χ2n) is 8.45. The molecule has 1 fully saturated rings. The van der Waals surface area contributed by atoms with E-state index in [4.69, 9.17) is 22.3 Å². The quantitative estimate of drug-likeness (QED) is 0.440. The summed E-state index contributed by atoms with van der Waals surface area (Å²) in [4.78, 5) is 20.1. The maximum Gasteiger partial charge on any atom is 0.220 e. The Labute approximate surface area is 204 Å². The molecule has 0 radical (unpaired) electrons. The summed E-state index contributed by atoms with van der Waals surface area (Å²) in [7, 11) is 0. The normalized spacial score (nSPS) is 13.4. The monoisotopic (exact) mass is 486 g/mol. The molecule has 0 saturated heterocycles. The topological polar surface area (TPSA) is 94.0 Å². The summed E-state index contributed by atoms with van der Waals surface area (Å²) in [5.41, 5.74) is 7.21. The summed E-state index contributed by atoms with van der Waals surface area (Å²) in [5, 5.41) is 11.5. The molecule has 176 valence electrons. The number of benzene rings is 1. The van der Waals surface area contributed by atoms with E-state index in [0.29, 0.717) is 10.9 Å². The van der Waals surface area contributed by atoms with Crippen LogP contribution >= 0.6 is 23.4 Å². The van der Waals surface area contributed by atoms with Crippen molar-refractivity contribution in [3.63, 3.8) is 0 Å². The first kappa shape index (κ1) is 25.1. The van der Waals surface area contributed by atoms with Crippen LogP contribution in [0.1, 0.15) is 63.0 Å². The molecule has 1 saturated carbocycles. The number of halogens is 1. The van der Waals surface area contributed by atoms with Crippen LogP contribution in [0.15, 0.2) is 52.6 Å². The van der Waals surface area contributed by atoms with E-state index in [9.17, 15) is 9.90 Å². The number of phenols is 1. The van der Waals surface area contributed by atoms with E-state index in [1.807, 2.05) is 30.6 Å². The van der Waals surface area contributed by atoms with Crippen molar-refractivity contribution in [1.29, 1.82) is 0 Å². The van der Waals surface area contributed by atoms with Crippen LogP contribution in [0.4, 0.5) is 0 Å². The zero-order chi connectivity index (χ0) is 24.0. The Morgan fingerprint density at radius 2 is 1.97 bits per heavy atom. The molecular formula is C25H31ClN4O2S. The molecule has 6 nitrogen and oxygen atoms in total. The zero-order valence-corrected chi connectivity index (χ0v) is 20.9. The number of hydrogen-bond donors (Lipinski definition) is 2. The Kier molecular flexibility index (Phi) is 8.80. The summed E-state index contributed by atoms with van der Waals surface area (Å²) in [6.45, 7) is 7.16. The van der Waals surface area contributed by atoms with Crippen LogP contribution in [0.5, 0.6) is 5.75 Å². The number of amides is 1. The molecule has 0 aliphatic heterocycles. The number of nitrogens with zero attached hydrogens (tertiary/aromatic N) is 3. The van der Waals surface area contributed by atoms with Crippen LogP contribution in [0.25, 0.3) is 0 Å². The van der Waals surface area contributed by atoms with Gasteiger partial charge in [0.05, 0.1) is 5.69 Å². The first-order valence-corrected chi connectivity index (χ1v) is 12.4. The van der Waals surface area contributed by atoms with E-state index in [-0.39, 0.29) is 17.6 Å². The molecule has 4 rings (SSSR count). The Morgan fingerprint density at radius 1 is 1.27 bits per heavy atom. The number of rotatable bonds is 7. The summed E-state index contributed by atoms with van der Waals surface area (Å²) < 4.78 is 2.26. The smallest absolute Gasteiger partial charge is 0.220 e. The molecule has 1 amide bonds. The fourth-order valence-corrected chi connectivity index (χ4v) is 5.05. The predicted octanol–water partition coefficient (Wildman–Crippen LogP) is 5.79. The molecule has 8 heteroatoms. The molecule has 2 heterocycles. The minimum absolute atomic E-state index is 0.119. The average molecular weight is 487 g/mol. The summed E-state index contributed by atoms with van der Waals surface area (Å²) >= 11 is 7.71. The number of pyridine rings is 1. The van der Waals surface area contributed by atoms with Crippen LogP contribution in [-0.4, -0.2) is 25.5 Å². The molecule has 33 heavy (non-hydrogen) atoms. The van der Waals surface area contributed by atoms with Gasteiger partial charge in [0.1, 0.15) is 16.6 Å². The van der Waals surface area contributed by atoms with Crippen LogP contribution < -0.4 is 5.73 Å². The lowest BCUT2D eigenvalue weighted by atomic mass is 9.85. The number of imidazole rings is 1. The SMILES string of the molecule is CCc1nc(C(C)C)c(Sc2cc(O)cc(Cl)c2)n1Cc1ccncc1.NC(=O)C1CCC1. The van der Waals surface area contributed by atoms with Crippen molar-refractivity contribution in [2.75, 3.05) is 0 Å². The van der Waals surface area contributed by atoms with Crippen molar-refractivity contribution in [3.8, 4) is 5.75 Å². The lowest BCUT2D eigenvalue weighted by Gasteiger charge is -2.20. The van der Waals surface area contributed by atoms with E-state index >= 15 is 0 Å². The first-order valence-electron chi connectivity index (χ1n) is 11.2. The molecule has 1 aliphatic carbocycles. The lowest BCUT2D eigenvalue weighted by Crippen LogP contribution is -2.28. The number of phenolic OH excluding ortho intramolecular Hbond substituents is 1. The molecule has 1 aliphatic rings. The van der Waals surface area contributed by atoms with Crippen LogP contribution in [0, 0.1) is 5.92 Å². The molecule has 0 bridgehead atoms. The second-order valence-corrected chi connectivity index (χ2v) is 9.94. The van der Waals surface area contributed by atoms with Crippen LogP contribution in [0.3, 0.4) is 0 Å².